The van der Waals surface area contributed by atoms with E-state index >= 15 is 0 Å². The van der Waals surface area contributed by atoms with E-state index in [9.17, 15) is 14.9 Å². The van der Waals surface area contributed by atoms with Gasteiger partial charge in [-0.2, -0.15) is 0 Å². The van der Waals surface area contributed by atoms with E-state index in [-0.39, 0.29) is 17.8 Å². The van der Waals surface area contributed by atoms with Gasteiger partial charge < -0.3 is 10.6 Å². The van der Waals surface area contributed by atoms with Crippen LogP contribution in [0.4, 0.5) is 16.2 Å². The summed E-state index contributed by atoms with van der Waals surface area (Å²) in [5.74, 6) is 0.340. The van der Waals surface area contributed by atoms with Crippen LogP contribution >= 0.6 is 0 Å². The largest absolute Gasteiger partial charge is 0.335 e. The summed E-state index contributed by atoms with van der Waals surface area (Å²) in [7, 11) is 0. The van der Waals surface area contributed by atoms with E-state index in [2.05, 4.69) is 10.6 Å². The highest BCUT2D eigenvalue weighted by Crippen LogP contribution is 2.15. The van der Waals surface area contributed by atoms with Crippen LogP contribution in [0.15, 0.2) is 24.3 Å². The monoisotopic (exact) mass is 251 g/mol. The lowest BCUT2D eigenvalue weighted by molar-refractivity contribution is -0.384. The van der Waals surface area contributed by atoms with Crippen molar-refractivity contribution in [1.82, 2.24) is 5.32 Å². The molecule has 2 N–H and O–H groups in total. The van der Waals surface area contributed by atoms with Crippen LogP contribution in [0, 0.1) is 16.0 Å². The fourth-order valence-electron chi connectivity index (χ4n) is 1.21. The Balaban J connectivity index is 2.57. The summed E-state index contributed by atoms with van der Waals surface area (Å²) in [6.45, 7) is 5.94. The maximum atomic E-state index is 11.6. The highest BCUT2D eigenvalue weighted by molar-refractivity contribution is 5.89. The molecule has 0 aliphatic heterocycles. The van der Waals surface area contributed by atoms with Gasteiger partial charge in [-0.25, -0.2) is 4.79 Å². The molecule has 0 heterocycles. The van der Waals surface area contributed by atoms with Crippen LogP contribution in [0.25, 0.3) is 0 Å². The van der Waals surface area contributed by atoms with Crippen molar-refractivity contribution >= 4 is 17.4 Å². The average molecular weight is 251 g/mol. The Morgan fingerprint density at radius 2 is 1.78 bits per heavy atom. The highest BCUT2D eigenvalue weighted by Gasteiger charge is 2.11. The molecule has 1 aromatic carbocycles. The zero-order valence-electron chi connectivity index (χ0n) is 10.6. The lowest BCUT2D eigenvalue weighted by atomic mass is 10.1. The second-order valence-corrected chi connectivity index (χ2v) is 4.44. The SMILES string of the molecule is CC(C)C(C)NC(=O)Nc1ccc([N+](=O)[O-])cc1. The average Bonchev–Trinajstić information content (AvgIpc) is 2.29. The maximum Gasteiger partial charge on any atom is 0.319 e. The van der Waals surface area contributed by atoms with Crippen LogP contribution < -0.4 is 10.6 Å². The molecule has 6 heteroatoms. The first kappa shape index (κ1) is 14.0. The topological polar surface area (TPSA) is 84.3 Å². The van der Waals surface area contributed by atoms with E-state index in [1.165, 1.54) is 24.3 Å². The molecule has 98 valence electrons. The number of amides is 2. The van der Waals surface area contributed by atoms with E-state index in [0.717, 1.165) is 0 Å². The number of urea groups is 1. The van der Waals surface area contributed by atoms with Crippen molar-refractivity contribution < 1.29 is 9.72 Å². The van der Waals surface area contributed by atoms with Gasteiger partial charge in [0.05, 0.1) is 4.92 Å². The van der Waals surface area contributed by atoms with Gasteiger partial charge in [-0.15, -0.1) is 0 Å². The molecule has 0 bridgehead atoms. The summed E-state index contributed by atoms with van der Waals surface area (Å²) in [6.07, 6.45) is 0. The van der Waals surface area contributed by atoms with Crippen molar-refractivity contribution in [2.75, 3.05) is 5.32 Å². The highest BCUT2D eigenvalue weighted by atomic mass is 16.6. The molecule has 18 heavy (non-hydrogen) atoms. The van der Waals surface area contributed by atoms with Crippen LogP contribution in [0.1, 0.15) is 20.8 Å². The van der Waals surface area contributed by atoms with Crippen molar-refractivity contribution in [3.05, 3.63) is 34.4 Å². The Morgan fingerprint density at radius 3 is 2.22 bits per heavy atom. The predicted molar refractivity (Wildman–Crippen MR) is 69.6 cm³/mol. The fraction of sp³-hybridized carbons (Fsp3) is 0.417. The summed E-state index contributed by atoms with van der Waals surface area (Å²) >= 11 is 0. The maximum absolute atomic E-state index is 11.6. The van der Waals surface area contributed by atoms with E-state index in [0.29, 0.717) is 11.6 Å². The zero-order valence-corrected chi connectivity index (χ0v) is 10.6. The van der Waals surface area contributed by atoms with Crippen molar-refractivity contribution in [3.8, 4) is 0 Å². The Morgan fingerprint density at radius 1 is 1.22 bits per heavy atom. The first-order chi connectivity index (χ1) is 8.40. The molecule has 1 aromatic rings. The van der Waals surface area contributed by atoms with E-state index in [4.69, 9.17) is 0 Å². The number of nitrogens with one attached hydrogen (secondary N) is 2. The van der Waals surface area contributed by atoms with E-state index < -0.39 is 4.92 Å². The predicted octanol–water partition coefficient (Wildman–Crippen LogP) is 2.76. The molecule has 1 unspecified atom stereocenters. The molecule has 0 radical (unpaired) electrons. The summed E-state index contributed by atoms with van der Waals surface area (Å²) < 4.78 is 0. The molecule has 0 aliphatic carbocycles. The normalized spacial score (nSPS) is 12.0. The fourth-order valence-corrected chi connectivity index (χ4v) is 1.21. The molecule has 0 aromatic heterocycles. The zero-order chi connectivity index (χ0) is 13.7. The summed E-state index contributed by atoms with van der Waals surface area (Å²) in [6, 6.07) is 5.44. The number of benzene rings is 1. The van der Waals surface area contributed by atoms with E-state index in [1.54, 1.807) is 0 Å². The number of nitrogens with zero attached hydrogens (tertiary/aromatic N) is 1. The molecule has 0 saturated heterocycles. The third-order valence-electron chi connectivity index (χ3n) is 2.69. The number of nitro groups is 1. The second kappa shape index (κ2) is 6.00. The van der Waals surface area contributed by atoms with Crippen LogP contribution in [0.3, 0.4) is 0 Å². The standard InChI is InChI=1S/C12H17N3O3/c1-8(2)9(3)13-12(16)14-10-4-6-11(7-5-10)15(17)18/h4-9H,1-3H3,(H2,13,14,16). The summed E-state index contributed by atoms with van der Waals surface area (Å²) in [4.78, 5) is 21.6. The second-order valence-electron chi connectivity index (χ2n) is 4.44. The quantitative estimate of drug-likeness (QED) is 0.637. The number of hydrogen-bond acceptors (Lipinski definition) is 3. The molecule has 0 fully saturated rings. The number of hydrogen-bond donors (Lipinski definition) is 2. The molecule has 0 saturated carbocycles. The van der Waals surface area contributed by atoms with Crippen molar-refractivity contribution in [3.63, 3.8) is 0 Å². The molecular weight excluding hydrogens is 234 g/mol. The number of non-ortho nitro benzene ring substituents is 1. The van der Waals surface area contributed by atoms with Gasteiger partial charge in [0.2, 0.25) is 0 Å². The minimum Gasteiger partial charge on any atom is -0.335 e. The van der Waals surface area contributed by atoms with Gasteiger partial charge in [0, 0.05) is 23.9 Å². The van der Waals surface area contributed by atoms with Gasteiger partial charge in [0.15, 0.2) is 0 Å². The molecular formula is C12H17N3O3. The van der Waals surface area contributed by atoms with Crippen LogP contribution in [0.5, 0.6) is 0 Å². The van der Waals surface area contributed by atoms with Crippen LogP contribution in [-0.4, -0.2) is 17.0 Å². The van der Waals surface area contributed by atoms with Crippen LogP contribution in [-0.2, 0) is 0 Å². The Bertz CT molecular complexity index is 429. The van der Waals surface area contributed by atoms with Gasteiger partial charge in [-0.05, 0) is 25.0 Å². The van der Waals surface area contributed by atoms with Gasteiger partial charge in [0.25, 0.3) is 5.69 Å². The lowest BCUT2D eigenvalue weighted by Crippen LogP contribution is -2.38. The number of rotatable bonds is 4. The minimum atomic E-state index is -0.481. The lowest BCUT2D eigenvalue weighted by Gasteiger charge is -2.17. The molecule has 1 atom stereocenters. The molecule has 1 rings (SSSR count). The Kier molecular flexibility index (Phi) is 4.65. The number of carbonyl (C=O) groups is 1. The summed E-state index contributed by atoms with van der Waals surface area (Å²) in [5.41, 5.74) is 0.519. The molecule has 0 aliphatic rings. The minimum absolute atomic E-state index is 0.00323. The van der Waals surface area contributed by atoms with Crippen molar-refractivity contribution in [2.45, 2.75) is 26.8 Å². The van der Waals surface area contributed by atoms with Gasteiger partial charge in [-0.1, -0.05) is 13.8 Å². The van der Waals surface area contributed by atoms with Crippen molar-refractivity contribution in [2.24, 2.45) is 5.92 Å². The van der Waals surface area contributed by atoms with Gasteiger partial charge in [0.1, 0.15) is 0 Å². The first-order valence-corrected chi connectivity index (χ1v) is 5.72. The van der Waals surface area contributed by atoms with Gasteiger partial charge in [-0.3, -0.25) is 10.1 Å². The summed E-state index contributed by atoms with van der Waals surface area (Å²) in [5, 5.41) is 15.9. The van der Waals surface area contributed by atoms with Crippen LogP contribution in [0.2, 0.25) is 0 Å². The van der Waals surface area contributed by atoms with E-state index in [1.807, 2.05) is 20.8 Å². The Labute approximate surface area is 106 Å². The third-order valence-corrected chi connectivity index (χ3v) is 2.69. The van der Waals surface area contributed by atoms with Crippen molar-refractivity contribution in [1.29, 1.82) is 0 Å². The molecule has 2 amide bonds. The van der Waals surface area contributed by atoms with Gasteiger partial charge >= 0.3 is 6.03 Å². The smallest absolute Gasteiger partial charge is 0.319 e. The molecule has 0 spiro atoms. The Hall–Kier alpha value is -2.11. The number of nitro benzene ring substituents is 1. The molecule has 6 nitrogen and oxygen atoms in total. The first-order valence-electron chi connectivity index (χ1n) is 5.72. The number of anilines is 1. The number of carbonyl (C=O) groups excluding carboxylic acids is 1. The third kappa shape index (κ3) is 4.04.